The normalized spacial score (nSPS) is 27.9. The minimum atomic E-state index is 0.231. The molecule has 4 heterocycles. The number of nitrogens with zero attached hydrogens (tertiary/aromatic N) is 4. The maximum atomic E-state index is 11.8. The predicted octanol–water partition coefficient (Wildman–Crippen LogP) is 0.478. The van der Waals surface area contributed by atoms with Crippen LogP contribution in [0.15, 0.2) is 29.3 Å². The molecule has 0 aromatic heterocycles. The average molecular weight is 371 g/mol. The Morgan fingerprint density at radius 1 is 1.11 bits per heavy atom. The predicted molar refractivity (Wildman–Crippen MR) is 108 cm³/mol. The first-order chi connectivity index (χ1) is 13.2. The van der Waals surface area contributed by atoms with Crippen LogP contribution in [0.5, 0.6) is 0 Å². The van der Waals surface area contributed by atoms with Crippen LogP contribution in [-0.2, 0) is 11.3 Å². The van der Waals surface area contributed by atoms with E-state index in [0.717, 1.165) is 37.7 Å². The van der Waals surface area contributed by atoms with Crippen molar-refractivity contribution in [3.63, 3.8) is 0 Å². The van der Waals surface area contributed by atoms with Crippen molar-refractivity contribution in [1.29, 1.82) is 0 Å². The number of anilines is 1. The molecular formula is C20H30N6O. The summed E-state index contributed by atoms with van der Waals surface area (Å²) < 4.78 is 0. The van der Waals surface area contributed by atoms with Crippen molar-refractivity contribution in [2.75, 3.05) is 57.8 Å². The van der Waals surface area contributed by atoms with E-state index in [2.05, 4.69) is 37.6 Å². The molecule has 0 saturated carbocycles. The van der Waals surface area contributed by atoms with E-state index in [1.165, 1.54) is 31.7 Å². The first-order valence-corrected chi connectivity index (χ1v) is 10.0. The Labute approximate surface area is 161 Å². The van der Waals surface area contributed by atoms with Crippen molar-refractivity contribution in [2.24, 2.45) is 4.99 Å². The van der Waals surface area contributed by atoms with E-state index in [4.69, 9.17) is 0 Å². The highest BCUT2D eigenvalue weighted by Crippen LogP contribution is 2.21. The second kappa shape index (κ2) is 8.27. The number of hydrogen-bond acceptors (Lipinski definition) is 4. The van der Waals surface area contributed by atoms with E-state index in [1.807, 2.05) is 24.1 Å². The Hall–Kier alpha value is -2.12. The molecule has 2 bridgehead atoms. The Morgan fingerprint density at radius 3 is 2.48 bits per heavy atom. The van der Waals surface area contributed by atoms with Gasteiger partial charge >= 0.3 is 0 Å². The van der Waals surface area contributed by atoms with Crippen LogP contribution < -0.4 is 15.5 Å². The molecule has 1 aromatic rings. The van der Waals surface area contributed by atoms with Gasteiger partial charge in [-0.15, -0.1) is 0 Å². The van der Waals surface area contributed by atoms with Gasteiger partial charge in [-0.25, -0.2) is 0 Å². The first-order valence-electron chi connectivity index (χ1n) is 10.0. The van der Waals surface area contributed by atoms with Crippen molar-refractivity contribution < 1.29 is 4.79 Å². The average Bonchev–Trinajstić information content (AvgIpc) is 3.15. The third kappa shape index (κ3) is 4.25. The minimum absolute atomic E-state index is 0.231. The van der Waals surface area contributed by atoms with Crippen molar-refractivity contribution in [2.45, 2.75) is 25.4 Å². The molecule has 4 fully saturated rings. The molecule has 5 rings (SSSR count). The molecule has 0 radical (unpaired) electrons. The first kappa shape index (κ1) is 18.3. The number of nitrogens with one attached hydrogen (secondary N) is 2. The molecule has 0 spiro atoms. The zero-order chi connectivity index (χ0) is 18.6. The maximum absolute atomic E-state index is 11.8. The highest BCUT2D eigenvalue weighted by molar-refractivity contribution is 5.95. The number of rotatable bonds is 5. The number of hydrogen-bond donors (Lipinski definition) is 2. The smallest absolute Gasteiger partial charge is 0.227 e. The third-order valence-electron chi connectivity index (χ3n) is 5.90. The summed E-state index contributed by atoms with van der Waals surface area (Å²) in [6.45, 7) is 8.42. The van der Waals surface area contributed by atoms with Gasteiger partial charge in [-0.3, -0.25) is 19.6 Å². The molecule has 1 atom stereocenters. The van der Waals surface area contributed by atoms with Gasteiger partial charge < -0.3 is 15.5 Å². The summed E-state index contributed by atoms with van der Waals surface area (Å²) in [4.78, 5) is 23.2. The van der Waals surface area contributed by atoms with E-state index in [9.17, 15) is 4.79 Å². The summed E-state index contributed by atoms with van der Waals surface area (Å²) in [5, 5.41) is 6.87. The molecule has 4 aliphatic rings. The fraction of sp³-hybridized carbons (Fsp3) is 0.600. The molecule has 27 heavy (non-hydrogen) atoms. The van der Waals surface area contributed by atoms with E-state index in [1.54, 1.807) is 0 Å². The molecule has 1 unspecified atom stereocenters. The van der Waals surface area contributed by atoms with Crippen LogP contribution >= 0.6 is 0 Å². The molecule has 1 aromatic carbocycles. The van der Waals surface area contributed by atoms with Crippen molar-refractivity contribution in [3.8, 4) is 0 Å². The Morgan fingerprint density at radius 2 is 1.89 bits per heavy atom. The van der Waals surface area contributed by atoms with E-state index in [0.29, 0.717) is 19.0 Å². The van der Waals surface area contributed by atoms with Crippen molar-refractivity contribution >= 4 is 17.6 Å². The second-order valence-corrected chi connectivity index (χ2v) is 7.61. The van der Waals surface area contributed by atoms with Gasteiger partial charge in [0.15, 0.2) is 5.96 Å². The molecule has 2 N–H and O–H groups in total. The molecule has 7 nitrogen and oxygen atoms in total. The summed E-state index contributed by atoms with van der Waals surface area (Å²) in [6.07, 6.45) is 1.63. The van der Waals surface area contributed by atoms with Crippen LogP contribution in [0.1, 0.15) is 18.4 Å². The van der Waals surface area contributed by atoms with Gasteiger partial charge in [0.1, 0.15) is 0 Å². The minimum Gasteiger partial charge on any atom is -0.355 e. The fourth-order valence-electron chi connectivity index (χ4n) is 4.25. The van der Waals surface area contributed by atoms with Crippen molar-refractivity contribution in [3.05, 3.63) is 29.8 Å². The van der Waals surface area contributed by atoms with E-state index >= 15 is 0 Å². The molecule has 4 aliphatic heterocycles. The summed E-state index contributed by atoms with van der Waals surface area (Å²) in [6, 6.07) is 8.82. The Bertz CT molecular complexity index is 680. The number of amides is 1. The summed E-state index contributed by atoms with van der Waals surface area (Å²) in [5.74, 6) is 1.07. The monoisotopic (exact) mass is 370 g/mol. The zero-order valence-corrected chi connectivity index (χ0v) is 16.2. The summed E-state index contributed by atoms with van der Waals surface area (Å²) in [5.41, 5.74) is 2.18. The van der Waals surface area contributed by atoms with Crippen molar-refractivity contribution in [1.82, 2.24) is 20.4 Å². The molecule has 1 amide bonds. The van der Waals surface area contributed by atoms with Crippen LogP contribution in [-0.4, -0.2) is 80.6 Å². The molecule has 146 valence electrons. The van der Waals surface area contributed by atoms with Gasteiger partial charge in [-0.2, -0.15) is 0 Å². The number of carbonyl (C=O) groups excluding carboxylic acids is 1. The number of piperazine rings is 3. The standard InChI is InChI=1S/C20H30N6O/c1-21-20(23-14-18-15-24-9-11-25(18)12-10-24)22-13-16-4-6-17(7-5-16)26-8-2-3-19(26)27/h4-7,18H,2-3,8-15H2,1H3,(H2,21,22,23). The number of fused-ring (bicyclic) bond motifs is 3. The topological polar surface area (TPSA) is 63.2 Å². The Kier molecular flexibility index (Phi) is 5.59. The lowest BCUT2D eigenvalue weighted by atomic mass is 10.1. The Balaban J connectivity index is 1.25. The van der Waals surface area contributed by atoms with E-state index < -0.39 is 0 Å². The van der Waals surface area contributed by atoms with Crippen LogP contribution in [0.4, 0.5) is 5.69 Å². The fourth-order valence-corrected chi connectivity index (χ4v) is 4.25. The van der Waals surface area contributed by atoms with Gasteiger partial charge in [-0.1, -0.05) is 12.1 Å². The SMILES string of the molecule is CN=C(NCc1ccc(N2CCCC2=O)cc1)NCC1CN2CCN1CC2. The van der Waals surface area contributed by atoms with Crippen LogP contribution in [0, 0.1) is 0 Å². The summed E-state index contributed by atoms with van der Waals surface area (Å²) in [7, 11) is 1.81. The number of benzene rings is 1. The van der Waals surface area contributed by atoms with Gasteiger partial charge in [0.2, 0.25) is 5.91 Å². The third-order valence-corrected chi connectivity index (χ3v) is 5.90. The summed E-state index contributed by atoms with van der Waals surface area (Å²) >= 11 is 0. The molecule has 4 saturated heterocycles. The lowest BCUT2D eigenvalue weighted by molar-refractivity contribution is -0.117. The van der Waals surface area contributed by atoms with Crippen LogP contribution in [0.25, 0.3) is 0 Å². The van der Waals surface area contributed by atoms with Gasteiger partial charge in [0.25, 0.3) is 0 Å². The van der Waals surface area contributed by atoms with Gasteiger partial charge in [0.05, 0.1) is 0 Å². The highest BCUT2D eigenvalue weighted by atomic mass is 16.2. The lowest BCUT2D eigenvalue weighted by Gasteiger charge is -2.47. The largest absolute Gasteiger partial charge is 0.355 e. The van der Waals surface area contributed by atoms with Crippen LogP contribution in [0.2, 0.25) is 0 Å². The molecule has 7 heteroatoms. The number of carbonyl (C=O) groups is 1. The maximum Gasteiger partial charge on any atom is 0.227 e. The van der Waals surface area contributed by atoms with Crippen LogP contribution in [0.3, 0.4) is 0 Å². The zero-order valence-electron chi connectivity index (χ0n) is 16.2. The van der Waals surface area contributed by atoms with Gasteiger partial charge in [-0.05, 0) is 24.1 Å². The second-order valence-electron chi connectivity index (χ2n) is 7.61. The number of aliphatic imine (C=N–C) groups is 1. The lowest BCUT2D eigenvalue weighted by Crippen LogP contribution is -2.63. The molecular weight excluding hydrogens is 340 g/mol. The van der Waals surface area contributed by atoms with Gasteiger partial charge in [0, 0.05) is 77.6 Å². The quantitative estimate of drug-likeness (QED) is 0.583. The van der Waals surface area contributed by atoms with E-state index in [-0.39, 0.29) is 5.91 Å². The molecule has 0 aliphatic carbocycles. The highest BCUT2D eigenvalue weighted by Gasteiger charge is 2.31. The number of guanidine groups is 1.